The lowest BCUT2D eigenvalue weighted by Crippen LogP contribution is -2.34. The van der Waals surface area contributed by atoms with Gasteiger partial charge in [-0.05, 0) is 43.8 Å². The Morgan fingerprint density at radius 2 is 2.24 bits per heavy atom. The quantitative estimate of drug-likeness (QED) is 0.605. The van der Waals surface area contributed by atoms with Gasteiger partial charge in [0.15, 0.2) is 0 Å². The van der Waals surface area contributed by atoms with E-state index in [1.807, 2.05) is 24.5 Å². The SMILES string of the molecule is C=CSc1cccc(B2OC(C)C(C)(C)O2)c1. The lowest BCUT2D eigenvalue weighted by Gasteiger charge is -2.21. The molecule has 17 heavy (non-hydrogen) atoms. The predicted molar refractivity (Wildman–Crippen MR) is 73.6 cm³/mol. The maximum atomic E-state index is 5.92. The Kier molecular flexibility index (Phi) is 3.66. The van der Waals surface area contributed by atoms with Gasteiger partial charge in [-0.3, -0.25) is 0 Å². The largest absolute Gasteiger partial charge is 0.494 e. The van der Waals surface area contributed by atoms with Gasteiger partial charge in [-0.25, -0.2) is 0 Å². The van der Waals surface area contributed by atoms with Crippen LogP contribution in [0.3, 0.4) is 0 Å². The Labute approximate surface area is 108 Å². The minimum Gasteiger partial charge on any atom is -0.402 e. The smallest absolute Gasteiger partial charge is 0.402 e. The van der Waals surface area contributed by atoms with Gasteiger partial charge in [0.25, 0.3) is 0 Å². The molecule has 2 nitrogen and oxygen atoms in total. The van der Waals surface area contributed by atoms with E-state index in [0.717, 1.165) is 10.4 Å². The molecule has 0 aliphatic carbocycles. The van der Waals surface area contributed by atoms with Gasteiger partial charge in [-0.15, -0.1) is 0 Å². The average Bonchev–Trinajstić information content (AvgIpc) is 2.55. The lowest BCUT2D eigenvalue weighted by molar-refractivity contribution is 0.0842. The molecule has 0 N–H and O–H groups in total. The first-order valence-electron chi connectivity index (χ1n) is 5.74. The number of rotatable bonds is 3. The lowest BCUT2D eigenvalue weighted by atomic mass is 9.79. The fourth-order valence-corrected chi connectivity index (χ4v) is 2.28. The first kappa shape index (κ1) is 12.7. The van der Waals surface area contributed by atoms with Gasteiger partial charge >= 0.3 is 7.12 Å². The molecule has 0 amide bonds. The minimum absolute atomic E-state index is 0.100. The fourth-order valence-electron chi connectivity index (χ4n) is 1.73. The second kappa shape index (κ2) is 4.88. The van der Waals surface area contributed by atoms with Crippen molar-refractivity contribution in [3.8, 4) is 0 Å². The zero-order valence-electron chi connectivity index (χ0n) is 10.5. The van der Waals surface area contributed by atoms with Crippen LogP contribution in [-0.4, -0.2) is 18.8 Å². The summed E-state index contributed by atoms with van der Waals surface area (Å²) in [7, 11) is -0.259. The Bertz CT molecular complexity index is 420. The third-order valence-corrected chi connectivity index (χ3v) is 3.76. The molecular weight excluding hydrogens is 231 g/mol. The van der Waals surface area contributed by atoms with Gasteiger partial charge < -0.3 is 9.31 Å². The second-order valence-electron chi connectivity index (χ2n) is 4.69. The summed E-state index contributed by atoms with van der Waals surface area (Å²) >= 11 is 1.60. The Morgan fingerprint density at radius 3 is 2.82 bits per heavy atom. The van der Waals surface area contributed by atoms with Crippen molar-refractivity contribution in [1.82, 2.24) is 0 Å². The Hall–Kier alpha value is -0.705. The molecule has 0 spiro atoms. The topological polar surface area (TPSA) is 18.5 Å². The van der Waals surface area contributed by atoms with Crippen molar-refractivity contribution in [2.24, 2.45) is 0 Å². The summed E-state index contributed by atoms with van der Waals surface area (Å²) in [4.78, 5) is 1.15. The number of benzene rings is 1. The number of thioether (sulfide) groups is 1. The van der Waals surface area contributed by atoms with E-state index in [0.29, 0.717) is 0 Å². The molecule has 90 valence electrons. The third-order valence-electron chi connectivity index (χ3n) is 3.07. The van der Waals surface area contributed by atoms with E-state index < -0.39 is 0 Å². The van der Waals surface area contributed by atoms with Crippen LogP contribution in [0.5, 0.6) is 0 Å². The van der Waals surface area contributed by atoms with Crippen molar-refractivity contribution in [1.29, 1.82) is 0 Å². The highest BCUT2D eigenvalue weighted by molar-refractivity contribution is 8.02. The van der Waals surface area contributed by atoms with Gasteiger partial charge in [0, 0.05) is 4.90 Å². The van der Waals surface area contributed by atoms with Gasteiger partial charge in [-0.1, -0.05) is 30.5 Å². The van der Waals surface area contributed by atoms with E-state index >= 15 is 0 Å². The molecule has 1 unspecified atom stereocenters. The summed E-state index contributed by atoms with van der Waals surface area (Å²) < 4.78 is 11.8. The molecule has 0 radical (unpaired) electrons. The highest BCUT2D eigenvalue weighted by atomic mass is 32.2. The van der Waals surface area contributed by atoms with Crippen LogP contribution in [0.25, 0.3) is 0 Å². The molecule has 0 bridgehead atoms. The fraction of sp³-hybridized carbons (Fsp3) is 0.385. The van der Waals surface area contributed by atoms with E-state index in [2.05, 4.69) is 32.6 Å². The molecule has 1 aliphatic heterocycles. The summed E-state index contributed by atoms with van der Waals surface area (Å²) in [5.74, 6) is 0. The molecule has 0 aromatic heterocycles. The summed E-state index contributed by atoms with van der Waals surface area (Å²) in [5.41, 5.74) is 0.834. The van der Waals surface area contributed by atoms with E-state index in [-0.39, 0.29) is 18.8 Å². The number of hydrogen-bond donors (Lipinski definition) is 0. The van der Waals surface area contributed by atoms with Crippen LogP contribution in [0, 0.1) is 0 Å². The van der Waals surface area contributed by atoms with Crippen LogP contribution in [0.4, 0.5) is 0 Å². The van der Waals surface area contributed by atoms with Gasteiger partial charge in [0.05, 0.1) is 11.7 Å². The zero-order chi connectivity index (χ0) is 12.5. The molecule has 1 fully saturated rings. The van der Waals surface area contributed by atoms with E-state index in [9.17, 15) is 0 Å². The zero-order valence-corrected chi connectivity index (χ0v) is 11.3. The molecule has 1 aromatic rings. The number of hydrogen-bond acceptors (Lipinski definition) is 3. The second-order valence-corrected chi connectivity index (χ2v) is 5.73. The first-order chi connectivity index (χ1) is 8.03. The molecule has 1 heterocycles. The summed E-state index contributed by atoms with van der Waals surface area (Å²) in [6, 6.07) is 8.19. The van der Waals surface area contributed by atoms with Crippen LogP contribution < -0.4 is 5.46 Å². The van der Waals surface area contributed by atoms with E-state index in [4.69, 9.17) is 9.31 Å². The van der Waals surface area contributed by atoms with Gasteiger partial charge in [-0.2, -0.15) is 0 Å². The standard InChI is InChI=1S/C13H17BO2S/c1-5-17-12-8-6-7-11(9-12)14-15-10(2)13(3,4)16-14/h5-10H,1H2,2-4H3. The molecule has 4 heteroatoms. The maximum Gasteiger partial charge on any atom is 0.494 e. The highest BCUT2D eigenvalue weighted by Crippen LogP contribution is 2.27. The van der Waals surface area contributed by atoms with Crippen LogP contribution >= 0.6 is 11.8 Å². The van der Waals surface area contributed by atoms with Crippen LogP contribution in [-0.2, 0) is 9.31 Å². The molecule has 0 saturated carbocycles. The van der Waals surface area contributed by atoms with Gasteiger partial charge in [0.2, 0.25) is 0 Å². The molecule has 1 aliphatic rings. The minimum atomic E-state index is -0.259. The van der Waals surface area contributed by atoms with E-state index in [1.165, 1.54) is 0 Å². The molecule has 2 rings (SSSR count). The monoisotopic (exact) mass is 248 g/mol. The molecule has 1 saturated heterocycles. The van der Waals surface area contributed by atoms with Crippen molar-refractivity contribution in [2.75, 3.05) is 0 Å². The molecular formula is C13H17BO2S. The summed E-state index contributed by atoms with van der Waals surface area (Å²) in [6.45, 7) is 9.87. The van der Waals surface area contributed by atoms with Crippen LogP contribution in [0.2, 0.25) is 0 Å². The Balaban J connectivity index is 2.18. The summed E-state index contributed by atoms with van der Waals surface area (Å²) in [5, 5.41) is 1.82. The van der Waals surface area contributed by atoms with Crippen molar-refractivity contribution in [3.05, 3.63) is 36.3 Å². The van der Waals surface area contributed by atoms with Crippen LogP contribution in [0.15, 0.2) is 41.1 Å². The van der Waals surface area contributed by atoms with E-state index in [1.54, 1.807) is 11.8 Å². The Morgan fingerprint density at radius 1 is 1.47 bits per heavy atom. The third kappa shape index (κ3) is 2.76. The normalized spacial score (nSPS) is 22.8. The van der Waals surface area contributed by atoms with Crippen molar-refractivity contribution in [3.63, 3.8) is 0 Å². The first-order valence-corrected chi connectivity index (χ1v) is 6.62. The maximum absolute atomic E-state index is 5.92. The van der Waals surface area contributed by atoms with Gasteiger partial charge in [0.1, 0.15) is 0 Å². The van der Waals surface area contributed by atoms with Crippen molar-refractivity contribution < 1.29 is 9.31 Å². The van der Waals surface area contributed by atoms with Crippen molar-refractivity contribution in [2.45, 2.75) is 37.4 Å². The van der Waals surface area contributed by atoms with Crippen molar-refractivity contribution >= 4 is 24.3 Å². The average molecular weight is 248 g/mol. The predicted octanol–water partition coefficient (Wildman–Crippen LogP) is 2.83. The van der Waals surface area contributed by atoms with Crippen LogP contribution in [0.1, 0.15) is 20.8 Å². The highest BCUT2D eigenvalue weighted by Gasteiger charge is 2.43. The molecule has 1 atom stereocenters. The summed E-state index contributed by atoms with van der Waals surface area (Å²) in [6.07, 6.45) is 0.100. The molecule has 1 aromatic carbocycles.